The van der Waals surface area contributed by atoms with Crippen LogP contribution >= 0.6 is 0 Å². The number of aliphatic carboxylic acids is 1. The minimum atomic E-state index is -2.04. The number of carboxylic acids is 1. The van der Waals surface area contributed by atoms with Crippen molar-refractivity contribution < 1.29 is 19.8 Å². The SMILES string of the molecule is O=C(O)C1(O)CCC1=O. The highest BCUT2D eigenvalue weighted by molar-refractivity contribution is 6.10. The number of rotatable bonds is 1. The fourth-order valence-corrected chi connectivity index (χ4v) is 0.690. The Morgan fingerprint density at radius 3 is 2.22 bits per heavy atom. The van der Waals surface area contributed by atoms with Crippen LogP contribution in [0, 0.1) is 0 Å². The van der Waals surface area contributed by atoms with Crippen LogP contribution in [-0.2, 0) is 9.59 Å². The van der Waals surface area contributed by atoms with Crippen molar-refractivity contribution in [2.24, 2.45) is 0 Å². The normalized spacial score (nSPS) is 33.7. The van der Waals surface area contributed by atoms with Crippen LogP contribution < -0.4 is 0 Å². The first kappa shape index (κ1) is 6.22. The van der Waals surface area contributed by atoms with Gasteiger partial charge in [0.25, 0.3) is 0 Å². The minimum absolute atomic E-state index is 0.0567. The van der Waals surface area contributed by atoms with Gasteiger partial charge in [-0.1, -0.05) is 0 Å². The van der Waals surface area contributed by atoms with Gasteiger partial charge >= 0.3 is 5.97 Å². The van der Waals surface area contributed by atoms with Crippen molar-refractivity contribution in [3.63, 3.8) is 0 Å². The maximum atomic E-state index is 10.4. The Labute approximate surface area is 51.1 Å². The summed E-state index contributed by atoms with van der Waals surface area (Å²) in [4.78, 5) is 20.4. The fourth-order valence-electron chi connectivity index (χ4n) is 0.690. The van der Waals surface area contributed by atoms with Crippen molar-refractivity contribution in [2.45, 2.75) is 18.4 Å². The van der Waals surface area contributed by atoms with Crippen LogP contribution in [0.3, 0.4) is 0 Å². The van der Waals surface area contributed by atoms with Gasteiger partial charge in [-0.25, -0.2) is 4.79 Å². The third kappa shape index (κ3) is 0.632. The minimum Gasteiger partial charge on any atom is -0.479 e. The number of Topliss-reactive ketones (excluding diaryl/α,β-unsaturated/α-hetero) is 1. The fraction of sp³-hybridized carbons (Fsp3) is 0.600. The molecule has 9 heavy (non-hydrogen) atoms. The van der Waals surface area contributed by atoms with Gasteiger partial charge in [-0.3, -0.25) is 4.79 Å². The van der Waals surface area contributed by atoms with Crippen LogP contribution in [0.1, 0.15) is 12.8 Å². The highest BCUT2D eigenvalue weighted by atomic mass is 16.4. The van der Waals surface area contributed by atoms with Crippen molar-refractivity contribution in [1.29, 1.82) is 0 Å². The predicted octanol–water partition coefficient (Wildman–Crippen LogP) is -0.835. The Morgan fingerprint density at radius 2 is 2.22 bits per heavy atom. The van der Waals surface area contributed by atoms with Crippen LogP contribution in [0.25, 0.3) is 0 Å². The molecule has 2 N–H and O–H groups in total. The van der Waals surface area contributed by atoms with Gasteiger partial charge in [-0.2, -0.15) is 0 Å². The predicted molar refractivity (Wildman–Crippen MR) is 26.8 cm³/mol. The summed E-state index contributed by atoms with van der Waals surface area (Å²) < 4.78 is 0. The van der Waals surface area contributed by atoms with Gasteiger partial charge < -0.3 is 10.2 Å². The zero-order valence-corrected chi connectivity index (χ0v) is 4.63. The summed E-state index contributed by atoms with van der Waals surface area (Å²) in [5, 5.41) is 17.0. The Morgan fingerprint density at radius 1 is 1.67 bits per heavy atom. The van der Waals surface area contributed by atoms with Crippen molar-refractivity contribution in [1.82, 2.24) is 0 Å². The van der Waals surface area contributed by atoms with E-state index >= 15 is 0 Å². The van der Waals surface area contributed by atoms with Gasteiger partial charge in [0, 0.05) is 12.8 Å². The average molecular weight is 130 g/mol. The summed E-state index contributed by atoms with van der Waals surface area (Å²) >= 11 is 0. The zero-order chi connectivity index (χ0) is 7.07. The van der Waals surface area contributed by atoms with Gasteiger partial charge in [0.05, 0.1) is 0 Å². The first-order valence-electron chi connectivity index (χ1n) is 2.56. The molecule has 4 nitrogen and oxygen atoms in total. The Bertz CT molecular complexity index is 164. The number of aliphatic hydroxyl groups is 1. The maximum Gasteiger partial charge on any atom is 0.343 e. The molecule has 1 aliphatic rings. The molecule has 0 heterocycles. The molecular weight excluding hydrogens is 124 g/mol. The number of carbonyl (C=O) groups excluding carboxylic acids is 1. The van der Waals surface area contributed by atoms with Crippen molar-refractivity contribution in [2.75, 3.05) is 0 Å². The van der Waals surface area contributed by atoms with Crippen LogP contribution in [0.4, 0.5) is 0 Å². The van der Waals surface area contributed by atoms with Crippen LogP contribution in [0.2, 0.25) is 0 Å². The summed E-state index contributed by atoms with van der Waals surface area (Å²) in [6.45, 7) is 0. The Balaban J connectivity index is 2.76. The summed E-state index contributed by atoms with van der Waals surface area (Å²) in [6, 6.07) is 0. The van der Waals surface area contributed by atoms with Gasteiger partial charge in [-0.15, -0.1) is 0 Å². The van der Waals surface area contributed by atoms with Crippen LogP contribution in [0.15, 0.2) is 0 Å². The maximum absolute atomic E-state index is 10.4. The third-order valence-electron chi connectivity index (χ3n) is 1.53. The molecule has 1 rings (SSSR count). The van der Waals surface area contributed by atoms with E-state index in [-0.39, 0.29) is 12.8 Å². The second kappa shape index (κ2) is 1.54. The third-order valence-corrected chi connectivity index (χ3v) is 1.53. The number of ketones is 1. The number of hydrogen-bond acceptors (Lipinski definition) is 3. The molecule has 0 bridgehead atoms. The molecule has 0 spiro atoms. The average Bonchev–Trinajstić information content (AvgIpc) is 1.82. The molecule has 1 unspecified atom stereocenters. The zero-order valence-electron chi connectivity index (χ0n) is 4.63. The standard InChI is InChI=1S/C5H6O4/c6-3-1-2-5(3,9)4(7)8/h9H,1-2H2,(H,7,8). The van der Waals surface area contributed by atoms with E-state index in [1.165, 1.54) is 0 Å². The molecular formula is C5H6O4. The van der Waals surface area contributed by atoms with Crippen molar-refractivity contribution in [3.8, 4) is 0 Å². The van der Waals surface area contributed by atoms with E-state index in [2.05, 4.69) is 0 Å². The molecule has 0 aromatic rings. The quantitative estimate of drug-likeness (QED) is 0.454. The van der Waals surface area contributed by atoms with E-state index in [1.807, 2.05) is 0 Å². The van der Waals surface area contributed by atoms with Gasteiger partial charge in [0.15, 0.2) is 5.78 Å². The van der Waals surface area contributed by atoms with E-state index < -0.39 is 17.4 Å². The first-order chi connectivity index (χ1) is 4.07. The summed E-state index contributed by atoms with van der Waals surface area (Å²) in [6.07, 6.45) is 0.240. The van der Waals surface area contributed by atoms with E-state index in [0.717, 1.165) is 0 Å². The van der Waals surface area contributed by atoms with Crippen molar-refractivity contribution in [3.05, 3.63) is 0 Å². The van der Waals surface area contributed by atoms with E-state index in [9.17, 15) is 9.59 Å². The first-order valence-corrected chi connectivity index (χ1v) is 2.56. The van der Waals surface area contributed by atoms with Crippen molar-refractivity contribution >= 4 is 11.8 Å². The van der Waals surface area contributed by atoms with E-state index in [4.69, 9.17) is 10.2 Å². The number of hydrogen-bond donors (Lipinski definition) is 2. The second-order valence-electron chi connectivity index (χ2n) is 2.09. The van der Waals surface area contributed by atoms with Gasteiger partial charge in [0.1, 0.15) is 0 Å². The van der Waals surface area contributed by atoms with Crippen LogP contribution in [0.5, 0.6) is 0 Å². The molecule has 50 valence electrons. The second-order valence-corrected chi connectivity index (χ2v) is 2.09. The molecule has 4 heteroatoms. The van der Waals surface area contributed by atoms with Gasteiger partial charge in [0.2, 0.25) is 5.60 Å². The largest absolute Gasteiger partial charge is 0.479 e. The molecule has 0 aromatic heterocycles. The highest BCUT2D eigenvalue weighted by Crippen LogP contribution is 2.27. The molecule has 0 aromatic carbocycles. The lowest BCUT2D eigenvalue weighted by atomic mass is 9.79. The summed E-state index contributed by atoms with van der Waals surface area (Å²) in [5.41, 5.74) is -2.04. The molecule has 0 amide bonds. The number of carboxylic acid groups (broad SMARTS) is 1. The lowest BCUT2D eigenvalue weighted by Gasteiger charge is -2.29. The topological polar surface area (TPSA) is 74.6 Å². The number of carbonyl (C=O) groups is 2. The molecule has 0 radical (unpaired) electrons. The molecule has 1 saturated carbocycles. The molecule has 1 fully saturated rings. The molecule has 0 aliphatic heterocycles. The Hall–Kier alpha value is -0.900. The van der Waals surface area contributed by atoms with Crippen LogP contribution in [-0.4, -0.2) is 27.6 Å². The lowest BCUT2D eigenvalue weighted by Crippen LogP contribution is -2.54. The molecule has 0 saturated heterocycles. The van der Waals surface area contributed by atoms with E-state index in [1.54, 1.807) is 0 Å². The molecule has 1 aliphatic carbocycles. The molecule has 1 atom stereocenters. The summed E-state index contributed by atoms with van der Waals surface area (Å²) in [5.74, 6) is -2.02. The summed E-state index contributed by atoms with van der Waals surface area (Å²) in [7, 11) is 0. The van der Waals surface area contributed by atoms with E-state index in [0.29, 0.717) is 0 Å². The lowest BCUT2D eigenvalue weighted by molar-refractivity contribution is -0.174. The smallest absolute Gasteiger partial charge is 0.343 e. The van der Waals surface area contributed by atoms with Gasteiger partial charge in [-0.05, 0) is 0 Å². The Kier molecular flexibility index (Phi) is 1.06. The monoisotopic (exact) mass is 130 g/mol. The highest BCUT2D eigenvalue weighted by Gasteiger charge is 2.51.